The number of guanidine groups is 1. The third-order valence-electron chi connectivity index (χ3n) is 10.9. The van der Waals surface area contributed by atoms with Crippen molar-refractivity contribution in [3.63, 3.8) is 0 Å². The van der Waals surface area contributed by atoms with Crippen molar-refractivity contribution in [2.24, 2.45) is 33.8 Å². The number of benzene rings is 3. The Morgan fingerprint density at radius 1 is 0.829 bits per heavy atom. The quantitative estimate of drug-likeness (QED) is 0.0150. The number of primary amides is 1. The second-order valence-electron chi connectivity index (χ2n) is 17.0. The molecule has 12 N–H and O–H groups in total. The zero-order valence-corrected chi connectivity index (χ0v) is 39.3. The number of nitrogens with zero attached hydrogens (tertiary/aromatic N) is 4. The van der Waals surface area contributed by atoms with Crippen molar-refractivity contribution in [2.45, 2.75) is 95.8 Å². The van der Waals surface area contributed by atoms with E-state index in [0.717, 1.165) is 16.0 Å². The number of rotatable bonds is 28. The predicted octanol–water partition coefficient (Wildman–Crippen LogP) is -0.481. The lowest BCUT2D eigenvalue weighted by Gasteiger charge is -2.31. The number of nitro groups is 1. The fraction of sp³-hybridized carbons (Fsp3) is 0.447. The third kappa shape index (κ3) is 18.1. The maximum absolute atomic E-state index is 14.3. The Bertz CT molecular complexity index is 2260. The van der Waals surface area contributed by atoms with E-state index in [1.807, 2.05) is 60.7 Å². The van der Waals surface area contributed by atoms with Crippen LogP contribution in [0.25, 0.3) is 0 Å². The molecule has 0 spiro atoms. The summed E-state index contributed by atoms with van der Waals surface area (Å²) >= 11 is 0. The minimum Gasteiger partial charge on any atom is -0.489 e. The zero-order valence-electron chi connectivity index (χ0n) is 39.3. The molecule has 1 aliphatic rings. The van der Waals surface area contributed by atoms with Crippen LogP contribution < -0.4 is 48.9 Å². The molecule has 4 rings (SSSR count). The molecule has 1 aliphatic heterocycles. The number of hydrogen-bond donors (Lipinski definition) is 8. The van der Waals surface area contributed by atoms with E-state index in [2.05, 4.69) is 26.3 Å². The Morgan fingerprint density at radius 3 is 2.07 bits per heavy atom. The highest BCUT2D eigenvalue weighted by Gasteiger charge is 2.47. The largest absolute Gasteiger partial charge is 0.489 e. The van der Waals surface area contributed by atoms with Crippen molar-refractivity contribution in [1.82, 2.24) is 31.2 Å². The molecule has 7 amide bonds. The molecular formula is C47H64N12O11. The molecule has 0 bridgehead atoms. The van der Waals surface area contributed by atoms with Crippen LogP contribution in [0.4, 0.5) is 0 Å². The van der Waals surface area contributed by atoms with Crippen LogP contribution in [-0.4, -0.2) is 125 Å². The molecule has 5 atom stereocenters. The molecular weight excluding hydrogens is 909 g/mol. The van der Waals surface area contributed by atoms with E-state index in [0.29, 0.717) is 24.3 Å². The first-order valence-electron chi connectivity index (χ1n) is 22.8. The molecule has 5 unspecified atom stereocenters. The summed E-state index contributed by atoms with van der Waals surface area (Å²) in [5.74, 6) is -6.21. The van der Waals surface area contributed by atoms with Crippen LogP contribution >= 0.6 is 0 Å². The lowest BCUT2D eigenvalue weighted by molar-refractivity contribution is -0.640. The van der Waals surface area contributed by atoms with Gasteiger partial charge in [0.25, 0.3) is 5.91 Å². The Balaban J connectivity index is 1.50. The summed E-state index contributed by atoms with van der Waals surface area (Å²) in [5.41, 5.74) is 24.7. The second-order valence-corrected chi connectivity index (χ2v) is 17.0. The topological polar surface area (TPSA) is 352 Å². The average molecular weight is 973 g/mol. The van der Waals surface area contributed by atoms with Gasteiger partial charge < -0.3 is 58.6 Å². The van der Waals surface area contributed by atoms with Crippen LogP contribution in [0.2, 0.25) is 0 Å². The SMILES string of the molecule is CC(C)CC(NC(=O)CNC(=O)C(Cc1ccc(OCc2ccccc2)cc1)NC(=O)C(N)COCc1ccccc1)C(=O)N(C(CCCN=C(N)N)C(=O)N1CCCC1C(=O)NCC(N)=O)[N+](=O)[O-]. The van der Waals surface area contributed by atoms with E-state index >= 15 is 0 Å². The molecule has 23 heteroatoms. The molecule has 23 nitrogen and oxygen atoms in total. The van der Waals surface area contributed by atoms with Gasteiger partial charge in [-0.1, -0.05) is 86.6 Å². The van der Waals surface area contributed by atoms with Crippen LogP contribution in [0.5, 0.6) is 5.75 Å². The number of ether oxygens (including phenoxy) is 2. The Kier molecular flexibility index (Phi) is 22.0. The summed E-state index contributed by atoms with van der Waals surface area (Å²) in [4.78, 5) is 112. The van der Waals surface area contributed by atoms with Gasteiger partial charge >= 0.3 is 5.91 Å². The van der Waals surface area contributed by atoms with Gasteiger partial charge in [0.15, 0.2) is 17.0 Å². The molecule has 1 fully saturated rings. The van der Waals surface area contributed by atoms with Gasteiger partial charge in [-0.3, -0.25) is 38.6 Å². The summed E-state index contributed by atoms with van der Waals surface area (Å²) in [5, 5.41) is 21.9. The second kappa shape index (κ2) is 28.0. The first-order chi connectivity index (χ1) is 33.4. The molecule has 0 aliphatic carbocycles. The van der Waals surface area contributed by atoms with Gasteiger partial charge in [0.2, 0.25) is 29.5 Å². The van der Waals surface area contributed by atoms with Crippen molar-refractivity contribution >= 4 is 47.3 Å². The normalized spacial score (nSPS) is 14.8. The minimum absolute atomic E-state index is 0.00734. The van der Waals surface area contributed by atoms with E-state index in [1.165, 1.54) is 0 Å². The van der Waals surface area contributed by atoms with Gasteiger partial charge in [-0.05, 0) is 71.9 Å². The van der Waals surface area contributed by atoms with Gasteiger partial charge in [0.1, 0.15) is 36.5 Å². The molecule has 3 aromatic rings. The fourth-order valence-electron chi connectivity index (χ4n) is 7.51. The van der Waals surface area contributed by atoms with E-state index in [-0.39, 0.29) is 75.3 Å². The molecule has 1 heterocycles. The average Bonchev–Trinajstić information content (AvgIpc) is 3.83. The first-order valence-corrected chi connectivity index (χ1v) is 22.8. The lowest BCUT2D eigenvalue weighted by Crippen LogP contribution is -2.60. The Hall–Kier alpha value is -7.66. The molecule has 0 aromatic heterocycles. The minimum atomic E-state index is -1.79. The van der Waals surface area contributed by atoms with Crippen LogP contribution in [0.3, 0.4) is 0 Å². The molecule has 0 saturated carbocycles. The van der Waals surface area contributed by atoms with E-state index in [9.17, 15) is 43.7 Å². The molecule has 3 aromatic carbocycles. The van der Waals surface area contributed by atoms with Crippen LogP contribution in [-0.2, 0) is 57.9 Å². The first kappa shape index (κ1) is 54.9. The Morgan fingerprint density at radius 2 is 1.47 bits per heavy atom. The smallest absolute Gasteiger partial charge is 0.306 e. The molecule has 1 saturated heterocycles. The summed E-state index contributed by atoms with van der Waals surface area (Å²) in [6, 6.07) is 18.7. The standard InChI is InChI=1S/C47H64N12O11/c1-30(2)23-37(45(65)58(59(67)68)39(15-9-21-52-47(50)51)46(66)57-22-10-16-38(57)44(64)53-25-40(49)60)55-41(61)26-54-43(63)36(56-42(62)35(48)29-69-27-32-11-5-3-6-12-32)24-31-17-19-34(20-18-31)70-28-33-13-7-4-8-14-33/h3-8,11-14,17-20,30,35-39H,9-10,15-16,21-29,48H2,1-2H3,(H2,49,60)(H,53,64)(H,54,63)(H,55,61)(H,56,62)(H4,50,51,52). The molecule has 0 radical (unpaired) electrons. The number of hydrazine groups is 1. The highest BCUT2D eigenvalue weighted by atomic mass is 16.7. The Labute approximate surface area is 405 Å². The number of amides is 7. The highest BCUT2D eigenvalue weighted by Crippen LogP contribution is 2.24. The highest BCUT2D eigenvalue weighted by molar-refractivity contribution is 5.96. The van der Waals surface area contributed by atoms with Crippen molar-refractivity contribution in [1.29, 1.82) is 0 Å². The number of nitrogens with one attached hydrogen (secondary N) is 4. The van der Waals surface area contributed by atoms with Gasteiger partial charge in [-0.2, -0.15) is 0 Å². The number of aliphatic imine (C=N–C) groups is 1. The van der Waals surface area contributed by atoms with Gasteiger partial charge in [-0.25, -0.2) is 10.1 Å². The predicted molar refractivity (Wildman–Crippen MR) is 256 cm³/mol. The third-order valence-corrected chi connectivity index (χ3v) is 10.9. The zero-order chi connectivity index (χ0) is 51.2. The van der Waals surface area contributed by atoms with Crippen LogP contribution in [0, 0.1) is 16.0 Å². The van der Waals surface area contributed by atoms with E-state index in [4.69, 9.17) is 32.4 Å². The van der Waals surface area contributed by atoms with Crippen molar-refractivity contribution in [3.8, 4) is 5.75 Å². The lowest BCUT2D eigenvalue weighted by atomic mass is 10.0. The maximum Gasteiger partial charge on any atom is 0.306 e. The summed E-state index contributed by atoms with van der Waals surface area (Å²) < 4.78 is 11.5. The summed E-state index contributed by atoms with van der Waals surface area (Å²) in [6.45, 7) is 2.43. The molecule has 70 heavy (non-hydrogen) atoms. The fourth-order valence-corrected chi connectivity index (χ4v) is 7.51. The number of carbonyl (C=O) groups is 7. The van der Waals surface area contributed by atoms with Gasteiger partial charge in [-0.15, -0.1) is 0 Å². The van der Waals surface area contributed by atoms with E-state index in [1.54, 1.807) is 38.1 Å². The van der Waals surface area contributed by atoms with Crippen LogP contribution in [0.15, 0.2) is 89.9 Å². The summed E-state index contributed by atoms with van der Waals surface area (Å²) in [7, 11) is 0. The van der Waals surface area contributed by atoms with Crippen LogP contribution in [0.1, 0.15) is 62.6 Å². The maximum atomic E-state index is 14.3. The monoisotopic (exact) mass is 972 g/mol. The van der Waals surface area contributed by atoms with Crippen molar-refractivity contribution < 1.29 is 48.1 Å². The number of carbonyl (C=O) groups excluding carboxylic acids is 7. The van der Waals surface area contributed by atoms with Crippen molar-refractivity contribution in [2.75, 3.05) is 32.8 Å². The number of hydrogen-bond acceptors (Lipinski definition) is 13. The van der Waals surface area contributed by atoms with E-state index < -0.39 is 89.7 Å². The van der Waals surface area contributed by atoms with Gasteiger partial charge in [0.05, 0.1) is 26.3 Å². The summed E-state index contributed by atoms with van der Waals surface area (Å²) in [6.07, 6.45) is -0.0213. The number of nitrogens with two attached hydrogens (primary N) is 4. The van der Waals surface area contributed by atoms with Gasteiger partial charge in [0, 0.05) is 19.5 Å². The number of likely N-dealkylation sites (tertiary alicyclic amines) is 1. The molecule has 378 valence electrons. The van der Waals surface area contributed by atoms with Crippen molar-refractivity contribution in [3.05, 3.63) is 112 Å².